The predicted molar refractivity (Wildman–Crippen MR) is 55.6 cm³/mol. The number of nitrogens with one attached hydrogen (secondary N) is 1. The summed E-state index contributed by atoms with van der Waals surface area (Å²) in [4.78, 5) is 12.0. The van der Waals surface area contributed by atoms with Gasteiger partial charge in [0.15, 0.2) is 0 Å². The molecule has 0 aliphatic heterocycles. The van der Waals surface area contributed by atoms with Gasteiger partial charge in [-0.3, -0.25) is 4.79 Å². The van der Waals surface area contributed by atoms with Crippen LogP contribution >= 0.6 is 11.5 Å². The number of amides is 1. The lowest BCUT2D eigenvalue weighted by molar-refractivity contribution is 0.0920. The number of hydrogen-bond donors (Lipinski definition) is 2. The Balaban J connectivity index is 1.81. The third-order valence-corrected chi connectivity index (χ3v) is 3.39. The Morgan fingerprint density at radius 2 is 2.53 bits per heavy atom. The number of aromatic nitrogens is 2. The van der Waals surface area contributed by atoms with Crippen molar-refractivity contribution in [2.45, 2.75) is 25.4 Å². The maximum absolute atomic E-state index is 11.5. The van der Waals surface area contributed by atoms with E-state index >= 15 is 0 Å². The van der Waals surface area contributed by atoms with E-state index < -0.39 is 0 Å². The van der Waals surface area contributed by atoms with Gasteiger partial charge in [-0.15, -0.1) is 5.10 Å². The summed E-state index contributed by atoms with van der Waals surface area (Å²) in [5, 5.41) is 15.9. The Bertz CT molecular complexity index is 328. The van der Waals surface area contributed by atoms with Crippen LogP contribution in [0.5, 0.6) is 0 Å². The first kappa shape index (κ1) is 10.5. The van der Waals surface area contributed by atoms with Crippen molar-refractivity contribution in [2.24, 2.45) is 5.92 Å². The molecule has 1 saturated carbocycles. The molecule has 1 fully saturated rings. The zero-order valence-electron chi connectivity index (χ0n) is 8.22. The molecule has 0 spiro atoms. The van der Waals surface area contributed by atoms with Gasteiger partial charge in [-0.1, -0.05) is 10.9 Å². The molecule has 82 valence electrons. The van der Waals surface area contributed by atoms with Crippen molar-refractivity contribution in [2.75, 3.05) is 6.54 Å². The molecule has 0 saturated heterocycles. The third-order valence-electron chi connectivity index (χ3n) is 2.73. The first-order valence-electron chi connectivity index (χ1n) is 5.01. The van der Waals surface area contributed by atoms with Crippen LogP contribution in [0.2, 0.25) is 0 Å². The molecule has 1 amide bonds. The normalized spacial score (nSPS) is 25.4. The first-order chi connectivity index (χ1) is 7.27. The summed E-state index contributed by atoms with van der Waals surface area (Å²) in [7, 11) is 0. The van der Waals surface area contributed by atoms with Gasteiger partial charge in [0, 0.05) is 12.5 Å². The average Bonchev–Trinajstić information content (AvgIpc) is 2.85. The minimum absolute atomic E-state index is 0.149. The fraction of sp³-hybridized carbons (Fsp3) is 0.667. The largest absolute Gasteiger partial charge is 0.393 e. The molecule has 1 aromatic heterocycles. The van der Waals surface area contributed by atoms with Gasteiger partial charge in [0.25, 0.3) is 5.91 Å². The molecule has 0 radical (unpaired) electrons. The molecule has 2 atom stereocenters. The lowest BCUT2D eigenvalue weighted by Gasteiger charge is -2.14. The van der Waals surface area contributed by atoms with Gasteiger partial charge in [0.1, 0.15) is 4.88 Å². The zero-order valence-corrected chi connectivity index (χ0v) is 9.04. The second-order valence-electron chi connectivity index (χ2n) is 3.75. The van der Waals surface area contributed by atoms with Crippen LogP contribution in [-0.4, -0.2) is 33.2 Å². The van der Waals surface area contributed by atoms with E-state index in [-0.39, 0.29) is 17.9 Å². The van der Waals surface area contributed by atoms with Crippen molar-refractivity contribution in [3.8, 4) is 0 Å². The van der Waals surface area contributed by atoms with E-state index in [4.69, 9.17) is 0 Å². The Labute approximate surface area is 91.7 Å². The third kappa shape index (κ3) is 2.51. The molecule has 6 heteroatoms. The van der Waals surface area contributed by atoms with Gasteiger partial charge in [-0.05, 0) is 24.4 Å². The van der Waals surface area contributed by atoms with E-state index in [0.717, 1.165) is 30.8 Å². The highest BCUT2D eigenvalue weighted by atomic mass is 32.1. The van der Waals surface area contributed by atoms with Crippen LogP contribution in [0.25, 0.3) is 0 Å². The van der Waals surface area contributed by atoms with E-state index in [1.54, 1.807) is 0 Å². The smallest absolute Gasteiger partial charge is 0.264 e. The summed E-state index contributed by atoms with van der Waals surface area (Å²) < 4.78 is 3.62. The van der Waals surface area contributed by atoms with Crippen LogP contribution < -0.4 is 5.32 Å². The Hall–Kier alpha value is -1.01. The molecule has 2 N–H and O–H groups in total. The predicted octanol–water partition coefficient (Wildman–Crippen LogP) is 0.429. The van der Waals surface area contributed by atoms with E-state index in [2.05, 4.69) is 14.9 Å². The molecule has 15 heavy (non-hydrogen) atoms. The highest BCUT2D eigenvalue weighted by Gasteiger charge is 2.25. The van der Waals surface area contributed by atoms with E-state index in [9.17, 15) is 9.90 Å². The summed E-state index contributed by atoms with van der Waals surface area (Å²) in [5.74, 6) is 0.0546. The molecular formula is C9H13N3O2S. The quantitative estimate of drug-likeness (QED) is 0.785. The van der Waals surface area contributed by atoms with Crippen molar-refractivity contribution in [1.29, 1.82) is 0 Å². The van der Waals surface area contributed by atoms with Crippen LogP contribution in [0.3, 0.4) is 0 Å². The van der Waals surface area contributed by atoms with Crippen molar-refractivity contribution in [3.05, 3.63) is 11.1 Å². The Morgan fingerprint density at radius 3 is 3.13 bits per heavy atom. The van der Waals surface area contributed by atoms with Crippen molar-refractivity contribution in [1.82, 2.24) is 14.9 Å². The molecule has 1 aliphatic carbocycles. The highest BCUT2D eigenvalue weighted by molar-refractivity contribution is 7.07. The topological polar surface area (TPSA) is 75.1 Å². The average molecular weight is 227 g/mol. The number of aliphatic hydroxyl groups is 1. The van der Waals surface area contributed by atoms with Gasteiger partial charge in [0.2, 0.25) is 0 Å². The van der Waals surface area contributed by atoms with Gasteiger partial charge in [-0.2, -0.15) is 0 Å². The van der Waals surface area contributed by atoms with Crippen LogP contribution in [0.15, 0.2) is 6.20 Å². The van der Waals surface area contributed by atoms with Crippen LogP contribution in [0, 0.1) is 5.92 Å². The number of rotatable bonds is 3. The van der Waals surface area contributed by atoms with Crippen LogP contribution in [-0.2, 0) is 0 Å². The lowest BCUT2D eigenvalue weighted by Crippen LogP contribution is -2.32. The van der Waals surface area contributed by atoms with E-state index in [1.807, 2.05) is 0 Å². The SMILES string of the molecule is O=C(NCC1CCCC1O)c1cnns1. The van der Waals surface area contributed by atoms with Gasteiger partial charge in [-0.25, -0.2) is 0 Å². The molecule has 0 aromatic carbocycles. The Morgan fingerprint density at radius 1 is 1.67 bits per heavy atom. The summed E-state index contributed by atoms with van der Waals surface area (Å²) in [5.41, 5.74) is 0. The molecule has 0 bridgehead atoms. The van der Waals surface area contributed by atoms with E-state index in [1.165, 1.54) is 6.20 Å². The second-order valence-corrected chi connectivity index (χ2v) is 4.54. The van der Waals surface area contributed by atoms with Crippen molar-refractivity contribution in [3.63, 3.8) is 0 Å². The molecule has 2 unspecified atom stereocenters. The standard InChI is InChI=1S/C9H13N3O2S/c13-7-3-1-2-6(7)4-10-9(14)8-5-11-12-15-8/h5-7,13H,1-4H2,(H,10,14). The molecule has 1 aromatic rings. The first-order valence-corrected chi connectivity index (χ1v) is 5.78. The van der Waals surface area contributed by atoms with E-state index in [0.29, 0.717) is 11.4 Å². The molecule has 5 nitrogen and oxygen atoms in total. The summed E-state index contributed by atoms with van der Waals surface area (Å²) in [6.07, 6.45) is 4.07. The Kier molecular flexibility index (Phi) is 3.27. The van der Waals surface area contributed by atoms with Crippen LogP contribution in [0.4, 0.5) is 0 Å². The zero-order chi connectivity index (χ0) is 10.7. The minimum atomic E-state index is -0.259. The van der Waals surface area contributed by atoms with Crippen molar-refractivity contribution >= 4 is 17.4 Å². The fourth-order valence-electron chi connectivity index (χ4n) is 1.83. The molecule has 1 heterocycles. The van der Waals surface area contributed by atoms with Gasteiger partial charge >= 0.3 is 0 Å². The highest BCUT2D eigenvalue weighted by Crippen LogP contribution is 2.24. The molecule has 1 aliphatic rings. The summed E-state index contributed by atoms with van der Waals surface area (Å²) >= 11 is 1.08. The van der Waals surface area contributed by atoms with Gasteiger partial charge < -0.3 is 10.4 Å². The number of nitrogens with zero attached hydrogens (tertiary/aromatic N) is 2. The molecular weight excluding hydrogens is 214 g/mol. The van der Waals surface area contributed by atoms with Crippen LogP contribution in [0.1, 0.15) is 28.9 Å². The monoisotopic (exact) mass is 227 g/mol. The number of carbonyl (C=O) groups is 1. The maximum atomic E-state index is 11.5. The number of carbonyl (C=O) groups excluding carboxylic acids is 1. The summed E-state index contributed by atoms with van der Waals surface area (Å²) in [6.45, 7) is 0.540. The summed E-state index contributed by atoms with van der Waals surface area (Å²) in [6, 6.07) is 0. The fourth-order valence-corrected chi connectivity index (χ4v) is 2.27. The van der Waals surface area contributed by atoms with Gasteiger partial charge in [0.05, 0.1) is 12.3 Å². The van der Waals surface area contributed by atoms with Crippen molar-refractivity contribution < 1.29 is 9.90 Å². The molecule has 2 rings (SSSR count). The second kappa shape index (κ2) is 4.67. The lowest BCUT2D eigenvalue weighted by atomic mass is 10.1. The minimum Gasteiger partial charge on any atom is -0.393 e. The number of aliphatic hydroxyl groups excluding tert-OH is 1. The maximum Gasteiger partial charge on any atom is 0.264 e. The number of hydrogen-bond acceptors (Lipinski definition) is 5.